The zero-order valence-corrected chi connectivity index (χ0v) is 13.8. The fourth-order valence-corrected chi connectivity index (χ4v) is 2.95. The van der Waals surface area contributed by atoms with Gasteiger partial charge in [0.1, 0.15) is 6.10 Å². The summed E-state index contributed by atoms with van der Waals surface area (Å²) in [7, 11) is 0. The van der Waals surface area contributed by atoms with Crippen LogP contribution in [0.5, 0.6) is 0 Å². The highest BCUT2D eigenvalue weighted by molar-refractivity contribution is 7.10. The van der Waals surface area contributed by atoms with Crippen molar-refractivity contribution in [1.29, 1.82) is 0 Å². The molecule has 3 aromatic heterocycles. The molecule has 0 aliphatic heterocycles. The van der Waals surface area contributed by atoms with Crippen LogP contribution in [0, 0.1) is 0 Å². The summed E-state index contributed by atoms with van der Waals surface area (Å²) in [5, 5.41) is 22.7. The molecule has 0 radical (unpaired) electrons. The van der Waals surface area contributed by atoms with Gasteiger partial charge in [-0.1, -0.05) is 11.3 Å². The summed E-state index contributed by atoms with van der Waals surface area (Å²) in [5.74, 6) is -0.309. The van der Waals surface area contributed by atoms with Gasteiger partial charge < -0.3 is 10.4 Å². The van der Waals surface area contributed by atoms with E-state index < -0.39 is 6.10 Å². The Morgan fingerprint density at radius 3 is 2.88 bits per heavy atom. The van der Waals surface area contributed by atoms with E-state index in [0.29, 0.717) is 0 Å². The maximum atomic E-state index is 12.3. The molecule has 0 unspecified atom stereocenters. The number of hydrogen-bond acceptors (Lipinski definition) is 6. The molecule has 0 saturated heterocycles. The van der Waals surface area contributed by atoms with Gasteiger partial charge in [-0.3, -0.25) is 9.78 Å². The number of rotatable bonds is 6. The van der Waals surface area contributed by atoms with E-state index in [2.05, 4.69) is 20.6 Å². The van der Waals surface area contributed by atoms with E-state index in [-0.39, 0.29) is 24.2 Å². The molecule has 2 atom stereocenters. The summed E-state index contributed by atoms with van der Waals surface area (Å²) in [6, 6.07) is 7.26. The third-order valence-electron chi connectivity index (χ3n) is 3.56. The summed E-state index contributed by atoms with van der Waals surface area (Å²) in [5.41, 5.74) is 1.17. The van der Waals surface area contributed by atoms with Crippen molar-refractivity contribution in [2.24, 2.45) is 0 Å². The van der Waals surface area contributed by atoms with Gasteiger partial charge in [0.15, 0.2) is 5.69 Å². The van der Waals surface area contributed by atoms with Gasteiger partial charge in [0.2, 0.25) is 0 Å². The van der Waals surface area contributed by atoms with E-state index in [9.17, 15) is 9.90 Å². The maximum Gasteiger partial charge on any atom is 0.273 e. The fraction of sp³-hybridized carbons (Fsp3) is 0.250. The Labute approximate surface area is 143 Å². The van der Waals surface area contributed by atoms with Crippen LogP contribution in [0.1, 0.15) is 40.0 Å². The predicted molar refractivity (Wildman–Crippen MR) is 89.4 cm³/mol. The first-order valence-corrected chi connectivity index (χ1v) is 8.34. The van der Waals surface area contributed by atoms with Crippen molar-refractivity contribution in [3.63, 3.8) is 0 Å². The van der Waals surface area contributed by atoms with Crippen LogP contribution < -0.4 is 5.32 Å². The van der Waals surface area contributed by atoms with Crippen molar-refractivity contribution >= 4 is 17.2 Å². The van der Waals surface area contributed by atoms with E-state index in [4.69, 9.17) is 0 Å². The lowest BCUT2D eigenvalue weighted by Gasteiger charge is -2.12. The minimum atomic E-state index is -0.668. The smallest absolute Gasteiger partial charge is 0.273 e. The zero-order valence-electron chi connectivity index (χ0n) is 13.0. The summed E-state index contributed by atoms with van der Waals surface area (Å²) in [6.07, 6.45) is 4.23. The average molecular weight is 343 g/mol. The number of pyridine rings is 1. The third-order valence-corrected chi connectivity index (χ3v) is 4.53. The van der Waals surface area contributed by atoms with E-state index in [1.807, 2.05) is 36.6 Å². The van der Waals surface area contributed by atoms with Gasteiger partial charge in [-0.15, -0.1) is 16.4 Å². The van der Waals surface area contributed by atoms with Crippen LogP contribution in [-0.4, -0.2) is 31.0 Å². The number of nitrogens with zero attached hydrogens (tertiary/aromatic N) is 4. The summed E-state index contributed by atoms with van der Waals surface area (Å²) < 4.78 is 1.47. The number of hydrogen-bond donors (Lipinski definition) is 2. The van der Waals surface area contributed by atoms with Crippen LogP contribution in [0.4, 0.5) is 0 Å². The van der Waals surface area contributed by atoms with Crippen LogP contribution in [0.25, 0.3) is 0 Å². The van der Waals surface area contributed by atoms with Gasteiger partial charge in [-0.25, -0.2) is 4.68 Å². The van der Waals surface area contributed by atoms with E-state index in [1.165, 1.54) is 22.2 Å². The van der Waals surface area contributed by atoms with Crippen molar-refractivity contribution in [3.8, 4) is 0 Å². The molecule has 0 aliphatic carbocycles. The lowest BCUT2D eigenvalue weighted by Crippen LogP contribution is -2.27. The molecular formula is C16H17N5O2S. The molecule has 3 rings (SSSR count). The molecule has 8 heteroatoms. The Morgan fingerprint density at radius 2 is 2.17 bits per heavy atom. The molecule has 1 amide bonds. The second-order valence-corrected chi connectivity index (χ2v) is 6.31. The molecule has 0 spiro atoms. The van der Waals surface area contributed by atoms with Gasteiger partial charge in [0, 0.05) is 17.3 Å². The lowest BCUT2D eigenvalue weighted by molar-refractivity contribution is 0.0934. The van der Waals surface area contributed by atoms with Crippen molar-refractivity contribution in [1.82, 2.24) is 25.3 Å². The molecule has 124 valence electrons. The normalized spacial score (nSPS) is 13.4. The van der Waals surface area contributed by atoms with Gasteiger partial charge in [0.05, 0.1) is 18.8 Å². The zero-order chi connectivity index (χ0) is 16.9. The fourth-order valence-electron chi connectivity index (χ4n) is 2.25. The first-order chi connectivity index (χ1) is 11.6. The van der Waals surface area contributed by atoms with E-state index in [0.717, 1.165) is 10.4 Å². The molecular weight excluding hydrogens is 326 g/mol. The van der Waals surface area contributed by atoms with Crippen LogP contribution in [0.15, 0.2) is 48.2 Å². The molecule has 7 nitrogen and oxygen atoms in total. The summed E-state index contributed by atoms with van der Waals surface area (Å²) in [4.78, 5) is 17.1. The highest BCUT2D eigenvalue weighted by Gasteiger charge is 2.16. The average Bonchev–Trinajstić information content (AvgIpc) is 3.27. The number of aliphatic hydroxyl groups is 1. The largest absolute Gasteiger partial charge is 0.386 e. The van der Waals surface area contributed by atoms with E-state index in [1.54, 1.807) is 12.4 Å². The van der Waals surface area contributed by atoms with Crippen molar-refractivity contribution in [2.75, 3.05) is 0 Å². The highest BCUT2D eigenvalue weighted by atomic mass is 32.1. The Morgan fingerprint density at radius 1 is 1.38 bits per heavy atom. The number of thiophene rings is 1. The number of amides is 1. The molecule has 3 heterocycles. The Hall–Kier alpha value is -2.58. The summed E-state index contributed by atoms with van der Waals surface area (Å²) in [6.45, 7) is 2.14. The second-order valence-electron chi connectivity index (χ2n) is 5.33. The van der Waals surface area contributed by atoms with Crippen LogP contribution in [0.2, 0.25) is 0 Å². The SMILES string of the molecule is C[C@H](NC(=O)c1cn(C[C@@H](O)c2cccs2)nn1)c1ccncc1. The standard InChI is InChI=1S/C16H17N5O2S/c1-11(12-4-6-17-7-5-12)18-16(23)13-9-21(20-19-13)10-14(22)15-3-2-8-24-15/h2-9,11,14,22H,10H2,1H3,(H,18,23)/t11-,14+/m0/s1. The van der Waals surface area contributed by atoms with Crippen molar-refractivity contribution in [2.45, 2.75) is 25.6 Å². The number of aliphatic hydroxyl groups excluding tert-OH is 1. The highest BCUT2D eigenvalue weighted by Crippen LogP contribution is 2.20. The third kappa shape index (κ3) is 3.84. The van der Waals surface area contributed by atoms with Gasteiger partial charge in [-0.2, -0.15) is 0 Å². The molecule has 0 saturated carbocycles. The minimum Gasteiger partial charge on any atom is -0.386 e. The van der Waals surface area contributed by atoms with Crippen LogP contribution >= 0.6 is 11.3 Å². The molecule has 3 aromatic rings. The first kappa shape index (κ1) is 16.3. The predicted octanol–water partition coefficient (Wildman–Crippen LogP) is 1.96. The van der Waals surface area contributed by atoms with Crippen molar-refractivity contribution in [3.05, 3.63) is 64.4 Å². The lowest BCUT2D eigenvalue weighted by atomic mass is 10.1. The molecule has 24 heavy (non-hydrogen) atoms. The Kier molecular flexibility index (Phi) is 4.97. The number of aromatic nitrogens is 4. The Balaban J connectivity index is 1.61. The van der Waals surface area contributed by atoms with E-state index >= 15 is 0 Å². The van der Waals surface area contributed by atoms with Crippen LogP contribution in [-0.2, 0) is 6.54 Å². The van der Waals surface area contributed by atoms with Gasteiger partial charge in [0.25, 0.3) is 5.91 Å². The maximum absolute atomic E-state index is 12.3. The first-order valence-electron chi connectivity index (χ1n) is 7.46. The Bertz CT molecular complexity index is 788. The molecule has 2 N–H and O–H groups in total. The number of nitrogens with one attached hydrogen (secondary N) is 1. The van der Waals surface area contributed by atoms with Gasteiger partial charge >= 0.3 is 0 Å². The second kappa shape index (κ2) is 7.33. The van der Waals surface area contributed by atoms with Gasteiger partial charge in [-0.05, 0) is 36.1 Å². The molecule has 0 fully saturated rings. The molecule has 0 aromatic carbocycles. The molecule has 0 aliphatic rings. The summed E-state index contributed by atoms with van der Waals surface area (Å²) >= 11 is 1.47. The van der Waals surface area contributed by atoms with Crippen molar-refractivity contribution < 1.29 is 9.90 Å². The number of carbonyl (C=O) groups excluding carboxylic acids is 1. The molecule has 0 bridgehead atoms. The topological polar surface area (TPSA) is 92.9 Å². The minimum absolute atomic E-state index is 0.164. The quantitative estimate of drug-likeness (QED) is 0.714. The number of carbonyl (C=O) groups is 1. The monoisotopic (exact) mass is 343 g/mol. The van der Waals surface area contributed by atoms with Crippen LogP contribution in [0.3, 0.4) is 0 Å².